The average Bonchev–Trinajstić information content (AvgIpc) is 0.800. The van der Waals surface area contributed by atoms with Crippen LogP contribution in [0.5, 0.6) is 0 Å². The van der Waals surface area contributed by atoms with Crippen molar-refractivity contribution in [3.05, 3.63) is 470 Å². The van der Waals surface area contributed by atoms with Gasteiger partial charge in [0.1, 0.15) is 0 Å². The predicted octanol–water partition coefficient (Wildman–Crippen LogP) is 32.2. The minimum absolute atomic E-state index is 1.27. The Hall–Kier alpha value is -13.8. The minimum Gasteiger partial charge on any atom is -0.0622 e. The zero-order valence-corrected chi connectivity index (χ0v) is 65.5. The Morgan fingerprint density at radius 3 is 1.03 bits per heavy atom. The summed E-state index contributed by atoms with van der Waals surface area (Å²) in [6.45, 7) is 15.0. The van der Waals surface area contributed by atoms with Gasteiger partial charge in [-0.2, -0.15) is 0 Å². The molecule has 0 aliphatic heterocycles. The molecule has 0 aliphatic rings. The lowest BCUT2D eigenvalue weighted by Crippen LogP contribution is -1.83. The minimum atomic E-state index is 1.27. The molecular formula is C113H92. The summed E-state index contributed by atoms with van der Waals surface area (Å²) in [7, 11) is 0. The molecule has 544 valence electrons. The first kappa shape index (κ1) is 74.7. The van der Waals surface area contributed by atoms with Gasteiger partial charge in [-0.25, -0.2) is 0 Å². The highest BCUT2D eigenvalue weighted by molar-refractivity contribution is 6.10. The van der Waals surface area contributed by atoms with Gasteiger partial charge in [-0.1, -0.05) is 441 Å². The molecule has 0 bridgehead atoms. The smallest absolute Gasteiger partial charge is 0.0103 e. The van der Waals surface area contributed by atoms with Crippen LogP contribution in [0.15, 0.2) is 431 Å². The van der Waals surface area contributed by atoms with Crippen molar-refractivity contribution in [3.63, 3.8) is 0 Å². The van der Waals surface area contributed by atoms with Crippen LogP contribution in [0.2, 0.25) is 0 Å². The Labute approximate surface area is 665 Å². The third kappa shape index (κ3) is 17.8. The van der Waals surface area contributed by atoms with E-state index in [-0.39, 0.29) is 0 Å². The third-order valence-electron chi connectivity index (χ3n) is 21.5. The molecule has 113 heavy (non-hydrogen) atoms. The van der Waals surface area contributed by atoms with Crippen LogP contribution in [0.25, 0.3) is 152 Å². The molecule has 0 saturated heterocycles. The quantitative estimate of drug-likeness (QED) is 0.154. The Bertz CT molecular complexity index is 6760. The lowest BCUT2D eigenvalue weighted by atomic mass is 9.96. The molecule has 0 aromatic heterocycles. The molecule has 0 nitrogen and oxygen atoms in total. The number of fused-ring (bicyclic) bond motifs is 13. The molecule has 21 rings (SSSR count). The average molecular weight is 1450 g/mol. The van der Waals surface area contributed by atoms with Crippen LogP contribution in [-0.4, -0.2) is 0 Å². The lowest BCUT2D eigenvalue weighted by molar-refractivity contribution is 1.47. The van der Waals surface area contributed by atoms with Gasteiger partial charge in [0.2, 0.25) is 0 Å². The maximum atomic E-state index is 2.26. The van der Waals surface area contributed by atoms with Crippen LogP contribution >= 0.6 is 0 Å². The van der Waals surface area contributed by atoms with Crippen LogP contribution in [0.3, 0.4) is 0 Å². The van der Waals surface area contributed by atoms with E-state index < -0.39 is 0 Å². The molecule has 0 N–H and O–H groups in total. The summed E-state index contributed by atoms with van der Waals surface area (Å²) in [5, 5.41) is 26.6. The van der Waals surface area contributed by atoms with Gasteiger partial charge >= 0.3 is 0 Å². The van der Waals surface area contributed by atoms with E-state index >= 15 is 0 Å². The van der Waals surface area contributed by atoms with Gasteiger partial charge in [-0.3, -0.25) is 0 Å². The molecule has 0 heterocycles. The second-order valence-corrected chi connectivity index (χ2v) is 29.5. The highest BCUT2D eigenvalue weighted by atomic mass is 14.1. The summed E-state index contributed by atoms with van der Waals surface area (Å²) in [4.78, 5) is 0. The summed E-state index contributed by atoms with van der Waals surface area (Å²) in [6.07, 6.45) is 0. The van der Waals surface area contributed by atoms with E-state index in [1.807, 2.05) is 6.07 Å². The van der Waals surface area contributed by atoms with Crippen molar-refractivity contribution in [2.45, 2.75) is 48.5 Å². The molecule has 0 unspecified atom stereocenters. The highest BCUT2D eigenvalue weighted by Crippen LogP contribution is 2.35. The maximum absolute atomic E-state index is 2.26. The van der Waals surface area contributed by atoms with Gasteiger partial charge in [-0.15, -0.1) is 0 Å². The van der Waals surface area contributed by atoms with Crippen molar-refractivity contribution in [2.24, 2.45) is 0 Å². The fourth-order valence-corrected chi connectivity index (χ4v) is 15.4. The lowest BCUT2D eigenvalue weighted by Gasteiger charge is -2.09. The van der Waals surface area contributed by atoms with Crippen molar-refractivity contribution < 1.29 is 0 Å². The Balaban J connectivity index is 0.000000104. The maximum Gasteiger partial charge on any atom is -0.0103 e. The molecule has 21 aromatic carbocycles. The predicted molar refractivity (Wildman–Crippen MR) is 495 cm³/mol. The molecule has 0 fully saturated rings. The standard InChI is InChI=1S/4C17H14.3C15H12/c1-13-7-5-12-17-15(13)10-6-11-16(17)14-8-3-2-4-9-14;1-13-11-12-16(14-7-3-2-4-8-14)17-10-6-5-9-15(13)17;1-13-6-8-15(9-7-13)17-11-10-14-4-2-3-5-16(14)12-17;1-13-7-8-17-12-16(10-9-15(17)11-13)14-5-3-2-4-6-14;1-11-10-12-6-2-3-8-14(12)15-9-5-4-7-13(11)15;1-11-6-9-15-13(10-11)8-7-12-4-2-3-5-14(12)15;1-11-6-7-13-9-8-12-4-2-3-5-14(12)15(13)10-11/h4*2-12H,1H3;3*2-10H,1H3. The monoisotopic (exact) mass is 1450 g/mol. The largest absolute Gasteiger partial charge is 0.0622 e. The van der Waals surface area contributed by atoms with Crippen LogP contribution in [-0.2, 0) is 0 Å². The van der Waals surface area contributed by atoms with E-state index in [9.17, 15) is 0 Å². The van der Waals surface area contributed by atoms with Crippen LogP contribution < -0.4 is 0 Å². The first-order valence-electron chi connectivity index (χ1n) is 39.3. The van der Waals surface area contributed by atoms with E-state index in [0.717, 1.165) is 0 Å². The Morgan fingerprint density at radius 2 is 0.425 bits per heavy atom. The second kappa shape index (κ2) is 35.3. The van der Waals surface area contributed by atoms with E-state index in [1.165, 1.54) is 191 Å². The molecular weight excluding hydrogens is 1360 g/mol. The van der Waals surface area contributed by atoms with Crippen molar-refractivity contribution in [1.29, 1.82) is 0 Å². The summed E-state index contributed by atoms with van der Waals surface area (Å²) >= 11 is 0. The summed E-state index contributed by atoms with van der Waals surface area (Å²) in [5.41, 5.74) is 19.6. The van der Waals surface area contributed by atoms with Gasteiger partial charge in [0.25, 0.3) is 0 Å². The molecule has 0 saturated carbocycles. The highest BCUT2D eigenvalue weighted by Gasteiger charge is 2.09. The van der Waals surface area contributed by atoms with Gasteiger partial charge in [0.05, 0.1) is 0 Å². The normalized spacial score (nSPS) is 10.8. The fourth-order valence-electron chi connectivity index (χ4n) is 15.4. The second-order valence-electron chi connectivity index (χ2n) is 29.5. The van der Waals surface area contributed by atoms with Crippen molar-refractivity contribution in [3.8, 4) is 44.5 Å². The van der Waals surface area contributed by atoms with E-state index in [4.69, 9.17) is 0 Å². The zero-order valence-electron chi connectivity index (χ0n) is 65.5. The molecule has 0 atom stereocenters. The van der Waals surface area contributed by atoms with Gasteiger partial charge in [-0.05, 0) is 230 Å². The van der Waals surface area contributed by atoms with Gasteiger partial charge in [0, 0.05) is 0 Å². The van der Waals surface area contributed by atoms with Crippen LogP contribution in [0, 0.1) is 48.5 Å². The topological polar surface area (TPSA) is 0 Å². The number of hydrogen-bond acceptors (Lipinski definition) is 0. The Kier molecular flexibility index (Phi) is 23.3. The molecule has 0 aliphatic carbocycles. The number of benzene rings is 21. The summed E-state index contributed by atoms with van der Waals surface area (Å²) < 4.78 is 0. The molecule has 0 heteroatoms. The van der Waals surface area contributed by atoms with Crippen LogP contribution in [0.4, 0.5) is 0 Å². The Morgan fingerprint density at radius 1 is 0.115 bits per heavy atom. The van der Waals surface area contributed by atoms with Crippen LogP contribution in [0.1, 0.15) is 38.9 Å². The van der Waals surface area contributed by atoms with Crippen molar-refractivity contribution in [1.82, 2.24) is 0 Å². The number of aryl methyl sites for hydroxylation is 7. The molecule has 21 aromatic rings. The third-order valence-corrected chi connectivity index (χ3v) is 21.5. The first-order valence-corrected chi connectivity index (χ1v) is 39.3. The molecule has 0 amide bonds. The molecule has 0 spiro atoms. The first-order chi connectivity index (χ1) is 55.4. The van der Waals surface area contributed by atoms with E-state index in [0.29, 0.717) is 0 Å². The SMILES string of the molecule is Cc1cc2ccccc2c2ccccc12.Cc1ccc(-c2ccc3ccccc3c2)cc1.Cc1ccc(-c2ccccc2)c2ccccc12.Cc1ccc2c(ccc3ccccc32)c1.Cc1ccc2cc(-c3ccccc3)ccc2c1.Cc1ccc2ccc3ccccc3c2c1.Cc1cccc2c(-c3ccccc3)cccc12. The zero-order chi connectivity index (χ0) is 77.4. The van der Waals surface area contributed by atoms with E-state index in [1.54, 1.807) is 0 Å². The summed E-state index contributed by atoms with van der Waals surface area (Å²) in [5.74, 6) is 0. The van der Waals surface area contributed by atoms with Crippen molar-refractivity contribution in [2.75, 3.05) is 0 Å². The van der Waals surface area contributed by atoms with Gasteiger partial charge < -0.3 is 0 Å². The molecule has 0 radical (unpaired) electrons. The van der Waals surface area contributed by atoms with Gasteiger partial charge in [0.15, 0.2) is 0 Å². The van der Waals surface area contributed by atoms with E-state index in [2.05, 4.69) is 473 Å². The summed E-state index contributed by atoms with van der Waals surface area (Å²) in [6, 6.07) is 153. The number of rotatable bonds is 4. The van der Waals surface area contributed by atoms with Crippen molar-refractivity contribution >= 4 is 108 Å². The fraction of sp³-hybridized carbons (Fsp3) is 0.0619. The number of hydrogen-bond donors (Lipinski definition) is 0.